The van der Waals surface area contributed by atoms with Crippen LogP contribution in [0.2, 0.25) is 0 Å². The van der Waals surface area contributed by atoms with Crippen LogP contribution < -0.4 is 0 Å². The van der Waals surface area contributed by atoms with Gasteiger partial charge in [0.1, 0.15) is 22.3 Å². The molecule has 0 spiro atoms. The maximum atomic E-state index is 6.16. The average Bonchev–Trinajstić information content (AvgIpc) is 1.58. The number of hydrogen-bond acceptors (Lipinski definition) is 2. The molecule has 0 N–H and O–H groups in total. The fourth-order valence-electron chi connectivity index (χ4n) is 23.8. The van der Waals surface area contributed by atoms with Gasteiger partial charge in [-0.15, -0.1) is 0 Å². The summed E-state index contributed by atoms with van der Waals surface area (Å²) in [6.45, 7) is 0. The fourth-order valence-corrected chi connectivity index (χ4v) is 23.8. The van der Waals surface area contributed by atoms with Crippen LogP contribution in [0.1, 0.15) is 0 Å². The van der Waals surface area contributed by atoms with Gasteiger partial charge in [0, 0.05) is 137 Å². The summed E-state index contributed by atoms with van der Waals surface area (Å²) in [6, 6.07) is 191. The first-order valence-corrected chi connectivity index (χ1v) is 50.3. The quantitative estimate of drug-likeness (QED) is 0.130. The molecule has 32 rings (SSSR count). The lowest BCUT2D eigenvalue weighted by Crippen LogP contribution is -1.93. The number of nitrogens with zero attached hydrogens (tertiary/aromatic N) is 7. The molecule has 9 heteroatoms. The Kier molecular flexibility index (Phi) is 18.9. The van der Waals surface area contributed by atoms with Crippen LogP contribution in [-0.4, -0.2) is 32.0 Å². The second-order valence-corrected chi connectivity index (χ2v) is 38.5. The van der Waals surface area contributed by atoms with Crippen molar-refractivity contribution in [2.24, 2.45) is 0 Å². The normalized spacial score (nSPS) is 11.9. The van der Waals surface area contributed by atoms with Crippen LogP contribution in [0.3, 0.4) is 0 Å². The molecule has 0 radical (unpaired) electrons. The molecular weight excluding hydrogens is 1790 g/mol. The van der Waals surface area contributed by atoms with Gasteiger partial charge in [0.25, 0.3) is 0 Å². The highest BCUT2D eigenvalue weighted by Gasteiger charge is 2.25. The molecule has 23 aromatic carbocycles. The molecule has 0 fully saturated rings. The van der Waals surface area contributed by atoms with Crippen LogP contribution in [0.25, 0.3) is 281 Å². The topological polar surface area (TPSA) is 60.8 Å². The SMILES string of the molecule is c1ccc(-n2c3ccccc3c3cc(-c4ccc5c(c4)c4cc(-c6ccc7c(c6)c6ccccc6n7-c6ccccc6)ccc4n5-c4ccccc4)ccc32)cc1.c1ccc(-n2c3ccccc3c3cc(-c4ccc5c(c4)c4ccccc4n5-c4ccccc4)ccc32)cc1.c1ccc2c(c1)oc1ccc(-n3c4ccccc4c4cc(-c5ccc6c(c5)c5ccccc5n6-c5ccc6oc7ccccc7c6c5)ccc43)cc12. The summed E-state index contributed by atoms with van der Waals surface area (Å²) in [5.74, 6) is 0. The highest BCUT2D eigenvalue weighted by Crippen LogP contribution is 2.47. The Morgan fingerprint density at radius 1 is 0.0952 bits per heavy atom. The van der Waals surface area contributed by atoms with Crippen molar-refractivity contribution in [1.29, 1.82) is 0 Å². The van der Waals surface area contributed by atoms with Crippen LogP contribution in [0, 0.1) is 0 Å². The summed E-state index contributed by atoms with van der Waals surface area (Å²) < 4.78 is 29.0. The summed E-state index contributed by atoms with van der Waals surface area (Å²) in [7, 11) is 0. The first-order valence-electron chi connectivity index (χ1n) is 50.3. The van der Waals surface area contributed by atoms with E-state index in [1.165, 1.54) is 220 Å². The molecule has 0 unspecified atom stereocenters. The molecule has 0 bridgehead atoms. The second-order valence-electron chi connectivity index (χ2n) is 38.5. The first kappa shape index (κ1) is 83.1. The minimum absolute atomic E-state index is 0.903. The highest BCUT2D eigenvalue weighted by molar-refractivity contribution is 6.20. The van der Waals surface area contributed by atoms with Crippen LogP contribution in [-0.2, 0) is 0 Å². The molecule has 686 valence electrons. The molecule has 0 aliphatic carbocycles. The van der Waals surface area contributed by atoms with E-state index in [9.17, 15) is 0 Å². The van der Waals surface area contributed by atoms with Crippen molar-refractivity contribution in [2.45, 2.75) is 0 Å². The van der Waals surface area contributed by atoms with Crippen LogP contribution >= 0.6 is 0 Å². The molecule has 0 aliphatic heterocycles. The summed E-state index contributed by atoms with van der Waals surface area (Å²) >= 11 is 0. The van der Waals surface area contributed by atoms with E-state index in [0.717, 1.165) is 60.9 Å². The third-order valence-electron chi connectivity index (χ3n) is 30.4. The summed E-state index contributed by atoms with van der Waals surface area (Å²) in [5, 5.41) is 22.0. The molecule has 32 aromatic rings. The van der Waals surface area contributed by atoms with Gasteiger partial charge in [-0.3, -0.25) is 0 Å². The minimum atomic E-state index is 0.903. The van der Waals surface area contributed by atoms with Gasteiger partial charge in [0.2, 0.25) is 0 Å². The summed E-state index contributed by atoms with van der Waals surface area (Å²) in [6.07, 6.45) is 0. The zero-order valence-electron chi connectivity index (χ0n) is 79.7. The number of hydrogen-bond donors (Lipinski definition) is 0. The zero-order valence-corrected chi connectivity index (χ0v) is 79.7. The van der Waals surface area contributed by atoms with Gasteiger partial charge in [-0.1, -0.05) is 285 Å². The molecule has 9 nitrogen and oxygen atoms in total. The number of para-hydroxylation sites is 13. The van der Waals surface area contributed by atoms with Crippen molar-refractivity contribution in [3.8, 4) is 84.3 Å². The van der Waals surface area contributed by atoms with Crippen LogP contribution in [0.4, 0.5) is 0 Å². The number of aromatic nitrogens is 7. The van der Waals surface area contributed by atoms with Gasteiger partial charge in [0.05, 0.1) is 77.2 Å². The predicted octanol–water partition coefficient (Wildman–Crippen LogP) is 37.2. The Labute approximate surface area is 843 Å². The molecule has 0 amide bonds. The van der Waals surface area contributed by atoms with E-state index in [1.807, 2.05) is 24.3 Å². The Morgan fingerprint density at radius 2 is 0.252 bits per heavy atom. The first-order chi connectivity index (χ1) is 72.9. The van der Waals surface area contributed by atoms with Crippen LogP contribution in [0.15, 0.2) is 537 Å². The lowest BCUT2D eigenvalue weighted by atomic mass is 9.98. The molecule has 0 aliphatic rings. The van der Waals surface area contributed by atoms with E-state index < -0.39 is 0 Å². The van der Waals surface area contributed by atoms with E-state index in [0.29, 0.717) is 0 Å². The van der Waals surface area contributed by atoms with Crippen molar-refractivity contribution < 1.29 is 8.83 Å². The van der Waals surface area contributed by atoms with Crippen molar-refractivity contribution in [3.05, 3.63) is 528 Å². The maximum Gasteiger partial charge on any atom is 0.135 e. The smallest absolute Gasteiger partial charge is 0.135 e. The maximum absolute atomic E-state index is 6.16. The Bertz CT molecular complexity index is 10400. The van der Waals surface area contributed by atoms with Crippen molar-refractivity contribution in [1.82, 2.24) is 32.0 Å². The highest BCUT2D eigenvalue weighted by atomic mass is 16.3. The lowest BCUT2D eigenvalue weighted by molar-refractivity contribution is 0.668. The van der Waals surface area contributed by atoms with E-state index in [-0.39, 0.29) is 0 Å². The van der Waals surface area contributed by atoms with E-state index >= 15 is 0 Å². The molecule has 9 heterocycles. The van der Waals surface area contributed by atoms with Gasteiger partial charge < -0.3 is 40.8 Å². The molecule has 147 heavy (non-hydrogen) atoms. The average molecular weight is 1880 g/mol. The van der Waals surface area contributed by atoms with Gasteiger partial charge in [0.15, 0.2) is 0 Å². The third-order valence-corrected chi connectivity index (χ3v) is 30.4. The van der Waals surface area contributed by atoms with E-state index in [4.69, 9.17) is 8.83 Å². The van der Waals surface area contributed by atoms with Gasteiger partial charge in [-0.05, 0) is 287 Å². The van der Waals surface area contributed by atoms with E-state index in [1.54, 1.807) is 0 Å². The Hall–Kier alpha value is -19.7. The van der Waals surface area contributed by atoms with Gasteiger partial charge >= 0.3 is 0 Å². The Morgan fingerprint density at radius 3 is 0.463 bits per heavy atom. The predicted molar refractivity (Wildman–Crippen MR) is 616 cm³/mol. The van der Waals surface area contributed by atoms with E-state index in [2.05, 4.69) is 535 Å². The molecule has 0 saturated heterocycles. The molecule has 9 aromatic heterocycles. The number of furan rings is 2. The fraction of sp³-hybridized carbons (Fsp3) is 0. The minimum Gasteiger partial charge on any atom is -0.456 e. The summed E-state index contributed by atoms with van der Waals surface area (Å²) in [5.41, 5.74) is 38.3. The number of benzene rings is 23. The number of fused-ring (bicyclic) bond motifs is 27. The monoisotopic (exact) mass is 1870 g/mol. The standard InChI is InChI=1S/C54H35N3.C48H28N2O2.C36H24N2/c1-4-14-40(15-5-1)55-49-22-12-10-20-43(49)45-32-36(24-28-51(45)55)38-26-30-53-47(34-38)48-35-39(27-31-54(48)57(53)42-18-8-3-9-19-42)37-25-29-52-46(33-37)44-21-11-13-23-50(44)56(52)41-16-6-2-7-17-41;1-5-13-41-33(9-1)37-25-29(17-21-43(37)49(41)31-19-23-47-39(27-31)35-11-3-7-15-45(35)51-47)30-18-22-44-38(26-30)34-10-2-6-14-42(34)50(44)32-20-24-48-40(28-32)36-12-4-8-16-46(36)52-48;1-3-11-27(12-4-1)37-33-17-9-7-15-29(33)31-23-25(19-21-35(31)37)26-20-22-36-32(24-26)30-16-8-10-18-34(30)38(36)28-13-5-2-6-14-28/h1-35H;1-28H;1-24H. The molecular formula is C138H87N7O2. The van der Waals surface area contributed by atoms with Gasteiger partial charge in [-0.2, -0.15) is 0 Å². The van der Waals surface area contributed by atoms with Crippen LogP contribution in [0.5, 0.6) is 0 Å². The van der Waals surface area contributed by atoms with Gasteiger partial charge in [-0.25, -0.2) is 0 Å². The Balaban J connectivity index is 0.000000104. The lowest BCUT2D eigenvalue weighted by Gasteiger charge is -2.10. The number of rotatable bonds is 11. The zero-order chi connectivity index (χ0) is 96.4. The molecule has 0 saturated carbocycles. The summed E-state index contributed by atoms with van der Waals surface area (Å²) in [4.78, 5) is 0. The molecule has 0 atom stereocenters. The third kappa shape index (κ3) is 13.3. The van der Waals surface area contributed by atoms with Crippen molar-refractivity contribution >= 4 is 197 Å². The second kappa shape index (κ2) is 33.5. The van der Waals surface area contributed by atoms with Crippen molar-refractivity contribution in [2.75, 3.05) is 0 Å². The van der Waals surface area contributed by atoms with Crippen molar-refractivity contribution in [3.63, 3.8) is 0 Å². The largest absolute Gasteiger partial charge is 0.456 e.